The van der Waals surface area contributed by atoms with Gasteiger partial charge in [-0.2, -0.15) is 0 Å². The van der Waals surface area contributed by atoms with Gasteiger partial charge < -0.3 is 14.8 Å². The molecule has 1 N–H and O–H groups in total. The van der Waals surface area contributed by atoms with Crippen LogP contribution in [0, 0.1) is 0 Å². The Kier molecular flexibility index (Phi) is 5.87. The largest absolute Gasteiger partial charge is 0.497 e. The summed E-state index contributed by atoms with van der Waals surface area (Å²) >= 11 is 12.1. The molecule has 144 valence electrons. The number of amides is 1. The number of ether oxygens (including phenoxy) is 2. The minimum Gasteiger partial charge on any atom is -0.497 e. The first-order valence-corrected chi connectivity index (χ1v) is 9.63. The first kappa shape index (κ1) is 19.8. The van der Waals surface area contributed by atoms with Crippen LogP contribution in [0.2, 0.25) is 10.0 Å². The average Bonchev–Trinajstić information content (AvgIpc) is 2.59. The third-order valence-corrected chi connectivity index (χ3v) is 5.24. The zero-order valence-corrected chi connectivity index (χ0v) is 17.2. The average molecular weight is 408 g/mol. The molecular weight excluding hydrogens is 385 g/mol. The second-order valence-electron chi connectivity index (χ2n) is 7.33. The van der Waals surface area contributed by atoms with E-state index in [2.05, 4.69) is 5.32 Å². The summed E-state index contributed by atoms with van der Waals surface area (Å²) in [6, 6.07) is 10.9. The second-order valence-corrected chi connectivity index (χ2v) is 8.17. The number of halogens is 2. The maximum Gasteiger partial charge on any atom is 0.220 e. The fourth-order valence-electron chi connectivity index (χ4n) is 3.33. The minimum absolute atomic E-state index is 0.0227. The molecule has 0 spiro atoms. The van der Waals surface area contributed by atoms with Crippen molar-refractivity contribution < 1.29 is 14.3 Å². The molecule has 6 heteroatoms. The van der Waals surface area contributed by atoms with Gasteiger partial charge in [0, 0.05) is 34.5 Å². The molecule has 0 aliphatic carbocycles. The van der Waals surface area contributed by atoms with Crippen LogP contribution < -0.4 is 14.8 Å². The van der Waals surface area contributed by atoms with Gasteiger partial charge in [-0.3, -0.25) is 4.79 Å². The highest BCUT2D eigenvalue weighted by molar-refractivity contribution is 6.35. The van der Waals surface area contributed by atoms with E-state index < -0.39 is 0 Å². The summed E-state index contributed by atoms with van der Waals surface area (Å²) in [6.45, 7) is 4.03. The van der Waals surface area contributed by atoms with E-state index in [1.165, 1.54) is 0 Å². The van der Waals surface area contributed by atoms with Crippen LogP contribution in [-0.2, 0) is 11.2 Å². The Balaban J connectivity index is 1.70. The molecule has 0 radical (unpaired) electrons. The Morgan fingerprint density at radius 1 is 1.26 bits per heavy atom. The predicted molar refractivity (Wildman–Crippen MR) is 108 cm³/mol. The Hall–Kier alpha value is -1.91. The number of benzene rings is 2. The lowest BCUT2D eigenvalue weighted by Crippen LogP contribution is -2.41. The summed E-state index contributed by atoms with van der Waals surface area (Å²) in [7, 11) is 1.62. The standard InChI is InChI=1S/C21H23Cl2NO3/c1-21(2)12-18(16-8-7-15(26-3)11-19(16)27-21)24-20(25)9-5-13-4-6-14(22)10-17(13)23/h4,6-8,10-11,18H,5,9,12H2,1-3H3,(H,24,25). The molecule has 1 heterocycles. The smallest absolute Gasteiger partial charge is 0.220 e. The van der Waals surface area contributed by atoms with Crippen molar-refractivity contribution in [3.63, 3.8) is 0 Å². The molecule has 0 fully saturated rings. The number of rotatable bonds is 5. The van der Waals surface area contributed by atoms with Crippen molar-refractivity contribution in [2.45, 2.75) is 44.8 Å². The number of nitrogens with one attached hydrogen (secondary N) is 1. The van der Waals surface area contributed by atoms with Crippen molar-refractivity contribution in [2.75, 3.05) is 7.11 Å². The van der Waals surface area contributed by atoms with Crippen LogP contribution in [0.1, 0.15) is 43.9 Å². The van der Waals surface area contributed by atoms with Crippen LogP contribution in [0.5, 0.6) is 11.5 Å². The molecule has 0 aromatic heterocycles. The Morgan fingerprint density at radius 3 is 2.74 bits per heavy atom. The number of fused-ring (bicyclic) bond motifs is 1. The van der Waals surface area contributed by atoms with Crippen LogP contribution in [0.3, 0.4) is 0 Å². The Labute approximate surface area is 169 Å². The van der Waals surface area contributed by atoms with E-state index in [9.17, 15) is 4.79 Å². The zero-order valence-electron chi connectivity index (χ0n) is 15.6. The van der Waals surface area contributed by atoms with Crippen molar-refractivity contribution in [3.05, 3.63) is 57.6 Å². The normalized spacial score (nSPS) is 17.6. The first-order chi connectivity index (χ1) is 12.8. The molecular formula is C21H23Cl2NO3. The van der Waals surface area contributed by atoms with E-state index in [1.54, 1.807) is 19.2 Å². The van der Waals surface area contributed by atoms with E-state index in [0.717, 1.165) is 22.6 Å². The molecule has 2 aromatic carbocycles. The van der Waals surface area contributed by atoms with Crippen LogP contribution >= 0.6 is 23.2 Å². The first-order valence-electron chi connectivity index (χ1n) is 8.88. The highest BCUT2D eigenvalue weighted by atomic mass is 35.5. The van der Waals surface area contributed by atoms with Gasteiger partial charge in [-0.1, -0.05) is 29.3 Å². The number of carbonyl (C=O) groups is 1. The Morgan fingerprint density at radius 2 is 2.04 bits per heavy atom. The van der Waals surface area contributed by atoms with Crippen molar-refractivity contribution in [1.29, 1.82) is 0 Å². The van der Waals surface area contributed by atoms with E-state index >= 15 is 0 Å². The molecule has 27 heavy (non-hydrogen) atoms. The third kappa shape index (κ3) is 4.88. The van der Waals surface area contributed by atoms with Crippen LogP contribution in [0.15, 0.2) is 36.4 Å². The minimum atomic E-state index is -0.378. The van der Waals surface area contributed by atoms with E-state index in [-0.39, 0.29) is 17.6 Å². The Bertz CT molecular complexity index is 851. The highest BCUT2D eigenvalue weighted by Crippen LogP contribution is 2.41. The lowest BCUT2D eigenvalue weighted by molar-refractivity contribution is -0.122. The maximum absolute atomic E-state index is 12.6. The van der Waals surface area contributed by atoms with Crippen molar-refractivity contribution in [2.24, 2.45) is 0 Å². The van der Waals surface area contributed by atoms with E-state index in [1.807, 2.05) is 38.1 Å². The van der Waals surface area contributed by atoms with Gasteiger partial charge in [0.15, 0.2) is 0 Å². The van der Waals surface area contributed by atoms with Gasteiger partial charge in [-0.25, -0.2) is 0 Å². The lowest BCUT2D eigenvalue weighted by Gasteiger charge is -2.38. The number of carbonyl (C=O) groups excluding carboxylic acids is 1. The summed E-state index contributed by atoms with van der Waals surface area (Å²) in [5, 5.41) is 4.31. The third-order valence-electron chi connectivity index (χ3n) is 4.65. The molecule has 4 nitrogen and oxygen atoms in total. The monoisotopic (exact) mass is 407 g/mol. The molecule has 1 aliphatic heterocycles. The lowest BCUT2D eigenvalue weighted by atomic mass is 9.89. The van der Waals surface area contributed by atoms with Crippen molar-refractivity contribution in [3.8, 4) is 11.5 Å². The van der Waals surface area contributed by atoms with Crippen LogP contribution in [-0.4, -0.2) is 18.6 Å². The molecule has 0 saturated heterocycles. The summed E-state index contributed by atoms with van der Waals surface area (Å²) in [6.07, 6.45) is 1.61. The van der Waals surface area contributed by atoms with Gasteiger partial charge in [0.05, 0.1) is 13.2 Å². The van der Waals surface area contributed by atoms with Crippen molar-refractivity contribution >= 4 is 29.1 Å². The van der Waals surface area contributed by atoms with Crippen molar-refractivity contribution in [1.82, 2.24) is 5.32 Å². The number of aryl methyl sites for hydroxylation is 1. The molecule has 1 unspecified atom stereocenters. The van der Waals surface area contributed by atoms with Gasteiger partial charge in [-0.15, -0.1) is 0 Å². The van der Waals surface area contributed by atoms with Gasteiger partial charge in [0.2, 0.25) is 5.91 Å². The van der Waals surface area contributed by atoms with Gasteiger partial charge in [0.25, 0.3) is 0 Å². The van der Waals surface area contributed by atoms with Gasteiger partial charge in [0.1, 0.15) is 17.1 Å². The summed E-state index contributed by atoms with van der Waals surface area (Å²) < 4.78 is 11.4. The van der Waals surface area contributed by atoms with E-state index in [0.29, 0.717) is 29.3 Å². The van der Waals surface area contributed by atoms with Gasteiger partial charge >= 0.3 is 0 Å². The molecule has 1 amide bonds. The fraction of sp³-hybridized carbons (Fsp3) is 0.381. The fourth-order valence-corrected chi connectivity index (χ4v) is 3.83. The highest BCUT2D eigenvalue weighted by Gasteiger charge is 2.34. The van der Waals surface area contributed by atoms with Crippen LogP contribution in [0.4, 0.5) is 0 Å². The molecule has 0 saturated carbocycles. The van der Waals surface area contributed by atoms with Gasteiger partial charge in [-0.05, 0) is 50.1 Å². The molecule has 3 rings (SSSR count). The zero-order chi connectivity index (χ0) is 19.6. The molecule has 2 aromatic rings. The quantitative estimate of drug-likeness (QED) is 0.725. The molecule has 1 atom stereocenters. The SMILES string of the molecule is COc1ccc2c(c1)OC(C)(C)CC2NC(=O)CCc1ccc(Cl)cc1Cl. The number of hydrogen-bond donors (Lipinski definition) is 1. The topological polar surface area (TPSA) is 47.6 Å². The second kappa shape index (κ2) is 7.99. The summed E-state index contributed by atoms with van der Waals surface area (Å²) in [4.78, 5) is 12.6. The summed E-state index contributed by atoms with van der Waals surface area (Å²) in [5.74, 6) is 1.45. The maximum atomic E-state index is 12.6. The molecule has 1 aliphatic rings. The number of methoxy groups -OCH3 is 1. The molecule has 0 bridgehead atoms. The number of hydrogen-bond acceptors (Lipinski definition) is 3. The summed E-state index contributed by atoms with van der Waals surface area (Å²) in [5.41, 5.74) is 1.50. The van der Waals surface area contributed by atoms with E-state index in [4.69, 9.17) is 32.7 Å². The van der Waals surface area contributed by atoms with Crippen LogP contribution in [0.25, 0.3) is 0 Å². The predicted octanol–water partition coefficient (Wildman–Crippen LogP) is 5.35.